The molecule has 1 saturated carbocycles. The number of hydrogen-bond acceptors (Lipinski definition) is 0. The molecule has 1 aromatic rings. The smallest absolute Gasteiger partial charge is 0.358 e. The summed E-state index contributed by atoms with van der Waals surface area (Å²) in [5.74, 6) is 0.812. The molecular formula is C14H21FeIPY4+. The molecule has 1 aliphatic rings. The minimum Gasteiger partial charge on any atom is -0.358 e. The minimum atomic E-state index is 0. The number of halogens is 1. The van der Waals surface area contributed by atoms with E-state index in [0.29, 0.717) is 8.58 Å². The van der Waals surface area contributed by atoms with Gasteiger partial charge in [-0.2, -0.15) is 6.42 Å². The molecular weight excluding hydrogens is 738 g/mol. The Kier molecular flexibility index (Phi) is 38.2. The normalized spacial score (nSPS) is 19.5. The summed E-state index contributed by atoms with van der Waals surface area (Å²) in [5, 5.41) is 0. The molecule has 3 unspecified atom stereocenters. The molecule has 1 fully saturated rings. The fraction of sp³-hybridized carbons (Fsp3) is 0.429. The van der Waals surface area contributed by atoms with Crippen LogP contribution in [-0.4, -0.2) is 12.3 Å². The first-order chi connectivity index (χ1) is 7.33. The molecule has 108 valence electrons. The van der Waals surface area contributed by atoms with Gasteiger partial charge in [0.05, 0.1) is 0 Å². The van der Waals surface area contributed by atoms with Gasteiger partial charge in [0.1, 0.15) is 0 Å². The molecule has 0 nitrogen and oxygen atoms in total. The van der Waals surface area contributed by atoms with Crippen molar-refractivity contribution in [1.82, 2.24) is 0 Å². The molecule has 4 radical (unpaired) electrons. The summed E-state index contributed by atoms with van der Waals surface area (Å²) in [6.07, 6.45) is 6.69. The SMILES string of the molecule is C[PH2+]C1[CH-]CCCC1c1ccccc1I.[CH3-].[Fe+2].[Y].[Y].[Y].[Y]. The zero-order valence-electron chi connectivity index (χ0n) is 12.8. The molecule has 0 spiro atoms. The van der Waals surface area contributed by atoms with Gasteiger partial charge in [-0.05, 0) is 60.8 Å². The van der Waals surface area contributed by atoms with Gasteiger partial charge < -0.3 is 7.43 Å². The largest absolute Gasteiger partial charge is 2.00 e. The van der Waals surface area contributed by atoms with E-state index in [1.807, 2.05) is 0 Å². The van der Waals surface area contributed by atoms with E-state index in [4.69, 9.17) is 0 Å². The molecule has 21 heavy (non-hydrogen) atoms. The molecule has 1 aliphatic carbocycles. The van der Waals surface area contributed by atoms with Gasteiger partial charge >= 0.3 is 17.1 Å². The number of hydrogen-bond donors (Lipinski definition) is 0. The van der Waals surface area contributed by atoms with E-state index in [1.54, 1.807) is 5.56 Å². The van der Waals surface area contributed by atoms with E-state index >= 15 is 0 Å². The topological polar surface area (TPSA) is 0 Å². The molecule has 2 rings (SSSR count). The summed E-state index contributed by atoms with van der Waals surface area (Å²) in [4.78, 5) is 0. The summed E-state index contributed by atoms with van der Waals surface area (Å²) in [6, 6.07) is 8.90. The Morgan fingerprint density at radius 1 is 1.14 bits per heavy atom. The summed E-state index contributed by atoms with van der Waals surface area (Å²) < 4.78 is 1.45. The summed E-state index contributed by atoms with van der Waals surface area (Å²) in [5.41, 5.74) is 2.48. The van der Waals surface area contributed by atoms with Crippen LogP contribution in [-0.2, 0) is 148 Å². The monoisotopic (exact) mass is 759 g/mol. The van der Waals surface area contributed by atoms with Gasteiger partial charge in [-0.25, -0.2) is 0 Å². The van der Waals surface area contributed by atoms with E-state index in [0.717, 1.165) is 11.6 Å². The molecule has 7 heteroatoms. The molecule has 0 saturated heterocycles. The fourth-order valence-electron chi connectivity index (χ4n) is 2.51. The van der Waals surface area contributed by atoms with E-state index < -0.39 is 0 Å². The van der Waals surface area contributed by atoms with E-state index in [1.165, 1.54) is 22.8 Å². The maximum atomic E-state index is 2.58. The Labute approximate surface area is 258 Å². The molecule has 0 aliphatic heterocycles. The second-order valence-corrected chi connectivity index (χ2v) is 6.80. The fourth-order valence-corrected chi connectivity index (χ4v) is 4.63. The third kappa shape index (κ3) is 12.4. The van der Waals surface area contributed by atoms with Gasteiger partial charge in [0.15, 0.2) is 0 Å². The van der Waals surface area contributed by atoms with Gasteiger partial charge in [0.25, 0.3) is 0 Å². The maximum absolute atomic E-state index is 2.58. The van der Waals surface area contributed by atoms with Crippen molar-refractivity contribution in [2.45, 2.75) is 30.8 Å². The first-order valence-corrected chi connectivity index (χ1v) is 8.60. The van der Waals surface area contributed by atoms with Crippen molar-refractivity contribution in [3.8, 4) is 0 Å². The second-order valence-electron chi connectivity index (χ2n) is 4.21. The summed E-state index contributed by atoms with van der Waals surface area (Å²) >= 11 is 2.48. The third-order valence-electron chi connectivity index (χ3n) is 3.31. The zero-order chi connectivity index (χ0) is 10.7. The number of rotatable bonds is 2. The molecule has 0 N–H and O–H groups in total. The van der Waals surface area contributed by atoms with Crippen molar-refractivity contribution in [1.29, 1.82) is 0 Å². The van der Waals surface area contributed by atoms with Crippen LogP contribution in [0.25, 0.3) is 0 Å². The van der Waals surface area contributed by atoms with Crippen molar-refractivity contribution in [3.63, 3.8) is 0 Å². The van der Waals surface area contributed by atoms with Crippen molar-refractivity contribution in [3.05, 3.63) is 47.2 Å². The van der Waals surface area contributed by atoms with Gasteiger partial charge in [-0.15, -0.1) is 0 Å². The quantitative estimate of drug-likeness (QED) is 0.179. The van der Waals surface area contributed by atoms with Gasteiger partial charge in [-0.3, -0.25) is 6.42 Å². The van der Waals surface area contributed by atoms with Gasteiger partial charge in [-0.1, -0.05) is 24.6 Å². The average Bonchev–Trinajstić information content (AvgIpc) is 2.30. The van der Waals surface area contributed by atoms with Crippen LogP contribution >= 0.6 is 31.2 Å². The average molecular weight is 759 g/mol. The van der Waals surface area contributed by atoms with E-state index in [-0.39, 0.29) is 155 Å². The van der Waals surface area contributed by atoms with Crippen LogP contribution in [0.4, 0.5) is 0 Å². The number of benzene rings is 1. The van der Waals surface area contributed by atoms with Gasteiger partial charge in [0, 0.05) is 141 Å². The first kappa shape index (κ1) is 37.1. The van der Waals surface area contributed by atoms with Crippen LogP contribution in [0.15, 0.2) is 24.3 Å². The minimum absolute atomic E-state index is 0. The van der Waals surface area contributed by atoms with Crippen molar-refractivity contribution < 1.29 is 148 Å². The predicted octanol–water partition coefficient (Wildman–Crippen LogP) is 4.61. The first-order valence-electron chi connectivity index (χ1n) is 5.70. The van der Waals surface area contributed by atoms with Crippen LogP contribution in [0.2, 0.25) is 0 Å². The Balaban J connectivity index is -0.000000142. The van der Waals surface area contributed by atoms with E-state index in [2.05, 4.69) is 59.9 Å². The third-order valence-corrected chi connectivity index (χ3v) is 5.80. The molecule has 0 aromatic heterocycles. The molecule has 0 amide bonds. The Morgan fingerprint density at radius 3 is 2.24 bits per heavy atom. The van der Waals surface area contributed by atoms with Crippen LogP contribution in [0.1, 0.15) is 30.7 Å². The van der Waals surface area contributed by atoms with Crippen molar-refractivity contribution in [2.24, 2.45) is 0 Å². The van der Waals surface area contributed by atoms with Crippen LogP contribution in [0.5, 0.6) is 0 Å². The molecule has 1 aromatic carbocycles. The molecule has 0 bridgehead atoms. The van der Waals surface area contributed by atoms with Crippen LogP contribution < -0.4 is 0 Å². The van der Waals surface area contributed by atoms with Crippen molar-refractivity contribution in [2.75, 3.05) is 6.66 Å². The summed E-state index contributed by atoms with van der Waals surface area (Å²) in [7, 11) is 0.576. The predicted molar refractivity (Wildman–Crippen MR) is 85.9 cm³/mol. The van der Waals surface area contributed by atoms with Crippen molar-refractivity contribution >= 4 is 31.2 Å². The van der Waals surface area contributed by atoms with E-state index in [9.17, 15) is 0 Å². The molecule has 3 atom stereocenters. The summed E-state index contributed by atoms with van der Waals surface area (Å²) in [6.45, 7) is 2.40. The van der Waals surface area contributed by atoms with Gasteiger partial charge in [0.2, 0.25) is 0 Å². The second kappa shape index (κ2) is 21.6. The molecule has 0 heterocycles. The van der Waals surface area contributed by atoms with Crippen LogP contribution in [0.3, 0.4) is 0 Å². The standard InChI is InChI=1S/C13H17IP.CH3.Fe.4Y/c1-15-13-9-5-3-7-11(13)10-6-2-4-8-12(10)14;;;;;;/h2,4,6,8-9,11,13,15H,3,5,7H2,1H3;1H3;;;;;/q2*-1;+2;;;;/p+1. The Morgan fingerprint density at radius 2 is 1.71 bits per heavy atom. The zero-order valence-corrected chi connectivity index (χ0v) is 28.6. The maximum Gasteiger partial charge on any atom is 2.00 e. The Bertz CT molecular complexity index is 345. The Hall–Kier alpha value is 5.32. The van der Waals surface area contributed by atoms with Crippen LogP contribution in [0, 0.1) is 17.4 Å².